The van der Waals surface area contributed by atoms with E-state index < -0.39 is 11.8 Å². The molecule has 1 heterocycles. The van der Waals surface area contributed by atoms with E-state index in [1.54, 1.807) is 18.2 Å². The summed E-state index contributed by atoms with van der Waals surface area (Å²) in [6, 6.07) is 4.93. The summed E-state index contributed by atoms with van der Waals surface area (Å²) in [4.78, 5) is 11.5. The smallest absolute Gasteiger partial charge is 0.337 e. The van der Waals surface area contributed by atoms with Crippen molar-refractivity contribution in [3.63, 3.8) is 0 Å². The minimum Gasteiger partial charge on any atom is -0.489 e. The quantitative estimate of drug-likeness (QED) is 0.759. The van der Waals surface area contributed by atoms with Gasteiger partial charge in [0, 0.05) is 12.8 Å². The predicted octanol–water partition coefficient (Wildman–Crippen LogP) is 4.22. The van der Waals surface area contributed by atoms with Crippen LogP contribution in [0.2, 0.25) is 5.02 Å². The Labute approximate surface area is 148 Å². The van der Waals surface area contributed by atoms with Crippen molar-refractivity contribution >= 4 is 17.6 Å². The van der Waals surface area contributed by atoms with E-state index in [-0.39, 0.29) is 6.10 Å². The molecule has 1 aromatic rings. The number of carbonyl (C=O) groups is 1. The van der Waals surface area contributed by atoms with Crippen molar-refractivity contribution in [2.75, 3.05) is 20.3 Å². The fraction of sp³-hybridized carbons (Fsp3) is 0.611. The van der Waals surface area contributed by atoms with Crippen LogP contribution in [0.25, 0.3) is 0 Å². The third-order valence-corrected chi connectivity index (χ3v) is 4.45. The molecule has 0 unspecified atom stereocenters. The van der Waals surface area contributed by atoms with Gasteiger partial charge in [-0.05, 0) is 31.0 Å². The van der Waals surface area contributed by atoms with E-state index in [1.165, 1.54) is 7.11 Å². The van der Waals surface area contributed by atoms with Crippen LogP contribution in [-0.4, -0.2) is 38.2 Å². The zero-order chi connectivity index (χ0) is 17.6. The Kier molecular flexibility index (Phi) is 6.90. The van der Waals surface area contributed by atoms with Crippen LogP contribution in [0.5, 0.6) is 5.75 Å². The molecule has 1 aliphatic carbocycles. The van der Waals surface area contributed by atoms with Crippen molar-refractivity contribution < 1.29 is 23.7 Å². The molecule has 0 bridgehead atoms. The monoisotopic (exact) mass is 356 g/mol. The number of methoxy groups -OCH3 is 1. The molecule has 6 heteroatoms. The molecule has 1 spiro atoms. The first-order valence-electron chi connectivity index (χ1n) is 8.44. The van der Waals surface area contributed by atoms with Crippen LogP contribution in [0.4, 0.5) is 0 Å². The van der Waals surface area contributed by atoms with Crippen molar-refractivity contribution in [2.45, 2.75) is 51.4 Å². The van der Waals surface area contributed by atoms with Gasteiger partial charge in [-0.3, -0.25) is 0 Å². The lowest BCUT2D eigenvalue weighted by Gasteiger charge is -2.35. The summed E-state index contributed by atoms with van der Waals surface area (Å²) in [5.41, 5.74) is 0.412. The normalized spacial score (nSPS) is 19.5. The number of rotatable bonds is 3. The minimum atomic E-state index is -0.413. The molecule has 5 nitrogen and oxygen atoms in total. The van der Waals surface area contributed by atoms with Crippen LogP contribution >= 0.6 is 11.6 Å². The van der Waals surface area contributed by atoms with Gasteiger partial charge in [0.25, 0.3) is 0 Å². The first-order valence-corrected chi connectivity index (χ1v) is 8.82. The maximum Gasteiger partial charge on any atom is 0.337 e. The third kappa shape index (κ3) is 4.41. The number of benzene rings is 1. The molecule has 0 aromatic heterocycles. The lowest BCUT2D eigenvalue weighted by molar-refractivity contribution is -0.186. The Morgan fingerprint density at radius 2 is 1.83 bits per heavy atom. The van der Waals surface area contributed by atoms with Crippen molar-refractivity contribution in [3.05, 3.63) is 28.8 Å². The van der Waals surface area contributed by atoms with E-state index in [1.807, 2.05) is 13.8 Å². The highest BCUT2D eigenvalue weighted by Crippen LogP contribution is 2.38. The molecule has 1 saturated heterocycles. The van der Waals surface area contributed by atoms with E-state index in [0.717, 1.165) is 25.7 Å². The molecular formula is C18H25ClO5. The average Bonchev–Trinajstić information content (AvgIpc) is 3.08. The molecule has 1 aromatic carbocycles. The second-order valence-electron chi connectivity index (χ2n) is 5.56. The van der Waals surface area contributed by atoms with E-state index in [4.69, 9.17) is 25.8 Å². The number of ether oxygens (including phenoxy) is 4. The number of halogens is 1. The standard InChI is InChI=1S/C16H19ClO5.C2H6/c1-19-15(18)11-2-3-14(13(17)10-11)22-12-4-6-16(7-5-12)20-8-9-21-16;1-2/h2-3,10,12H,4-9H2,1H3;1-2H3. The van der Waals surface area contributed by atoms with E-state index in [0.29, 0.717) is 29.5 Å². The van der Waals surface area contributed by atoms with Gasteiger partial charge in [0.15, 0.2) is 5.79 Å². The molecule has 0 radical (unpaired) electrons. The summed E-state index contributed by atoms with van der Waals surface area (Å²) in [5, 5.41) is 0.413. The van der Waals surface area contributed by atoms with E-state index >= 15 is 0 Å². The number of carbonyl (C=O) groups excluding carboxylic acids is 1. The van der Waals surface area contributed by atoms with Crippen molar-refractivity contribution in [1.29, 1.82) is 0 Å². The third-order valence-electron chi connectivity index (χ3n) is 4.15. The van der Waals surface area contributed by atoms with E-state index in [9.17, 15) is 4.79 Å². The Morgan fingerprint density at radius 3 is 2.38 bits per heavy atom. The molecule has 0 N–H and O–H groups in total. The first kappa shape index (κ1) is 19.0. The van der Waals surface area contributed by atoms with Crippen molar-refractivity contribution in [2.24, 2.45) is 0 Å². The highest BCUT2D eigenvalue weighted by molar-refractivity contribution is 6.32. The van der Waals surface area contributed by atoms with Gasteiger partial charge in [0.2, 0.25) is 0 Å². The Morgan fingerprint density at radius 1 is 1.21 bits per heavy atom. The summed E-state index contributed by atoms with van der Waals surface area (Å²) < 4.78 is 22.0. The summed E-state index contributed by atoms with van der Waals surface area (Å²) >= 11 is 6.19. The van der Waals surface area contributed by atoms with Crippen molar-refractivity contribution in [1.82, 2.24) is 0 Å². The summed E-state index contributed by atoms with van der Waals surface area (Å²) in [5.74, 6) is -0.217. The maximum absolute atomic E-state index is 11.5. The van der Waals surface area contributed by atoms with Gasteiger partial charge in [-0.1, -0.05) is 25.4 Å². The van der Waals surface area contributed by atoms with Crippen LogP contribution < -0.4 is 4.74 Å². The fourth-order valence-corrected chi connectivity index (χ4v) is 3.18. The molecular weight excluding hydrogens is 332 g/mol. The first-order chi connectivity index (χ1) is 11.6. The summed E-state index contributed by atoms with van der Waals surface area (Å²) in [6.45, 7) is 5.35. The lowest BCUT2D eigenvalue weighted by atomic mass is 9.92. The highest BCUT2D eigenvalue weighted by atomic mass is 35.5. The fourth-order valence-electron chi connectivity index (χ4n) is 2.96. The number of hydrogen-bond acceptors (Lipinski definition) is 5. The van der Waals surface area contributed by atoms with Crippen molar-refractivity contribution in [3.8, 4) is 5.75 Å². The van der Waals surface area contributed by atoms with Gasteiger partial charge in [-0.15, -0.1) is 0 Å². The van der Waals surface area contributed by atoms with Crippen LogP contribution in [0.3, 0.4) is 0 Å². The topological polar surface area (TPSA) is 54.0 Å². The van der Waals surface area contributed by atoms with Gasteiger partial charge in [-0.2, -0.15) is 0 Å². The highest BCUT2D eigenvalue weighted by Gasteiger charge is 2.40. The zero-order valence-electron chi connectivity index (χ0n) is 14.5. The maximum atomic E-state index is 11.5. The molecule has 2 aliphatic rings. The van der Waals surface area contributed by atoms with Gasteiger partial charge in [-0.25, -0.2) is 4.79 Å². The molecule has 134 valence electrons. The van der Waals surface area contributed by atoms with Crippen LogP contribution in [0.1, 0.15) is 49.9 Å². The summed E-state index contributed by atoms with van der Waals surface area (Å²) in [6.07, 6.45) is 3.45. The molecule has 24 heavy (non-hydrogen) atoms. The second-order valence-corrected chi connectivity index (χ2v) is 5.97. The zero-order valence-corrected chi connectivity index (χ0v) is 15.2. The Balaban J connectivity index is 0.00000100. The van der Waals surface area contributed by atoms with Crippen LogP contribution in [0, 0.1) is 0 Å². The average molecular weight is 357 g/mol. The van der Waals surface area contributed by atoms with Gasteiger partial charge in [0.05, 0.1) is 37.0 Å². The minimum absolute atomic E-state index is 0.0832. The molecule has 0 amide bonds. The number of hydrogen-bond donors (Lipinski definition) is 0. The molecule has 1 saturated carbocycles. The molecule has 0 atom stereocenters. The molecule has 1 aliphatic heterocycles. The summed E-state index contributed by atoms with van der Waals surface area (Å²) in [7, 11) is 1.34. The predicted molar refractivity (Wildman–Crippen MR) is 91.7 cm³/mol. The van der Waals surface area contributed by atoms with Gasteiger partial charge in [0.1, 0.15) is 5.75 Å². The Bertz CT molecular complexity index is 544. The van der Waals surface area contributed by atoms with Gasteiger partial charge < -0.3 is 18.9 Å². The van der Waals surface area contributed by atoms with Crippen LogP contribution in [-0.2, 0) is 14.2 Å². The molecule has 3 rings (SSSR count). The van der Waals surface area contributed by atoms with Gasteiger partial charge >= 0.3 is 5.97 Å². The van der Waals surface area contributed by atoms with E-state index in [2.05, 4.69) is 4.74 Å². The largest absolute Gasteiger partial charge is 0.489 e. The lowest BCUT2D eigenvalue weighted by Crippen LogP contribution is -2.38. The Hall–Kier alpha value is -1.30. The molecule has 2 fully saturated rings. The SMILES string of the molecule is CC.COC(=O)c1ccc(OC2CCC3(CC2)OCCO3)c(Cl)c1. The van der Waals surface area contributed by atoms with Crippen LogP contribution in [0.15, 0.2) is 18.2 Å². The number of esters is 1. The second kappa shape index (κ2) is 8.70.